The summed E-state index contributed by atoms with van der Waals surface area (Å²) in [5.41, 5.74) is 5.45. The normalized spacial score (nSPS) is 13.8. The second-order valence-electron chi connectivity index (χ2n) is 4.58. The van der Waals surface area contributed by atoms with Gasteiger partial charge in [-0.05, 0) is 26.2 Å². The maximum Gasteiger partial charge on any atom is 0.220 e. The molecular weight excluding hydrogens is 180 g/mol. The third kappa shape index (κ3) is 8.01. The van der Waals surface area contributed by atoms with Crippen molar-refractivity contribution in [2.75, 3.05) is 13.2 Å². The van der Waals surface area contributed by atoms with Crippen molar-refractivity contribution in [1.82, 2.24) is 5.32 Å². The van der Waals surface area contributed by atoms with Crippen LogP contribution in [-0.4, -0.2) is 29.7 Å². The highest BCUT2D eigenvalue weighted by atomic mass is 16.3. The van der Waals surface area contributed by atoms with E-state index >= 15 is 0 Å². The van der Waals surface area contributed by atoms with E-state index < -0.39 is 0 Å². The van der Waals surface area contributed by atoms with Crippen molar-refractivity contribution >= 4 is 5.91 Å². The van der Waals surface area contributed by atoms with Crippen LogP contribution in [0.5, 0.6) is 0 Å². The number of carbonyl (C=O) groups excluding carboxylic acids is 1. The molecule has 1 atom stereocenters. The largest absolute Gasteiger partial charge is 0.396 e. The lowest BCUT2D eigenvalue weighted by atomic mass is 10.00. The number of carbonyl (C=O) groups is 1. The Morgan fingerprint density at radius 2 is 2.14 bits per heavy atom. The van der Waals surface area contributed by atoms with E-state index in [2.05, 4.69) is 5.32 Å². The van der Waals surface area contributed by atoms with Crippen LogP contribution in [0.1, 0.15) is 33.6 Å². The van der Waals surface area contributed by atoms with E-state index in [9.17, 15) is 4.79 Å². The van der Waals surface area contributed by atoms with Crippen LogP contribution in [0.25, 0.3) is 0 Å². The summed E-state index contributed by atoms with van der Waals surface area (Å²) < 4.78 is 0. The maximum atomic E-state index is 11.3. The Hall–Kier alpha value is -0.610. The third-order valence-corrected chi connectivity index (χ3v) is 1.96. The molecule has 0 aliphatic carbocycles. The first-order valence-electron chi connectivity index (χ1n) is 5.01. The minimum Gasteiger partial charge on any atom is -0.396 e. The number of nitrogens with two attached hydrogens (primary N) is 1. The number of amides is 1. The van der Waals surface area contributed by atoms with E-state index in [4.69, 9.17) is 10.8 Å². The van der Waals surface area contributed by atoms with Crippen LogP contribution in [-0.2, 0) is 4.79 Å². The lowest BCUT2D eigenvalue weighted by Crippen LogP contribution is -2.35. The molecule has 4 heteroatoms. The van der Waals surface area contributed by atoms with Crippen molar-refractivity contribution in [3.63, 3.8) is 0 Å². The van der Waals surface area contributed by atoms with Gasteiger partial charge in [-0.2, -0.15) is 0 Å². The second-order valence-corrected chi connectivity index (χ2v) is 4.58. The minimum atomic E-state index is -0.292. The zero-order valence-corrected chi connectivity index (χ0v) is 9.34. The summed E-state index contributed by atoms with van der Waals surface area (Å²) in [5, 5.41) is 11.5. The van der Waals surface area contributed by atoms with Gasteiger partial charge in [-0.3, -0.25) is 4.79 Å². The van der Waals surface area contributed by atoms with Crippen LogP contribution in [0.4, 0.5) is 0 Å². The highest BCUT2D eigenvalue weighted by molar-refractivity contribution is 5.75. The summed E-state index contributed by atoms with van der Waals surface area (Å²) in [4.78, 5) is 11.3. The SMILES string of the molecule is CC(CO)CNC(=O)CCC(C)(C)N. The molecule has 0 aliphatic rings. The third-order valence-electron chi connectivity index (χ3n) is 1.96. The van der Waals surface area contributed by atoms with Crippen LogP contribution in [0, 0.1) is 5.92 Å². The van der Waals surface area contributed by atoms with Gasteiger partial charge < -0.3 is 16.2 Å². The highest BCUT2D eigenvalue weighted by Gasteiger charge is 2.13. The van der Waals surface area contributed by atoms with Crippen molar-refractivity contribution in [2.24, 2.45) is 11.7 Å². The number of aliphatic hydroxyl groups excluding tert-OH is 1. The van der Waals surface area contributed by atoms with Crippen molar-refractivity contribution in [3.05, 3.63) is 0 Å². The van der Waals surface area contributed by atoms with Crippen LogP contribution >= 0.6 is 0 Å². The summed E-state index contributed by atoms with van der Waals surface area (Å²) >= 11 is 0. The Balaban J connectivity index is 3.57. The lowest BCUT2D eigenvalue weighted by Gasteiger charge is -2.18. The molecule has 4 nitrogen and oxygen atoms in total. The van der Waals surface area contributed by atoms with Crippen molar-refractivity contribution < 1.29 is 9.90 Å². The zero-order valence-electron chi connectivity index (χ0n) is 9.34. The van der Waals surface area contributed by atoms with Crippen LogP contribution in [0.15, 0.2) is 0 Å². The van der Waals surface area contributed by atoms with Gasteiger partial charge in [0, 0.05) is 25.1 Å². The molecule has 1 amide bonds. The van der Waals surface area contributed by atoms with E-state index in [-0.39, 0.29) is 24.0 Å². The summed E-state index contributed by atoms with van der Waals surface area (Å²) in [7, 11) is 0. The molecule has 0 heterocycles. The van der Waals surface area contributed by atoms with E-state index in [0.29, 0.717) is 19.4 Å². The van der Waals surface area contributed by atoms with Gasteiger partial charge in [0.2, 0.25) is 5.91 Å². The Morgan fingerprint density at radius 1 is 1.57 bits per heavy atom. The smallest absolute Gasteiger partial charge is 0.220 e. The Labute approximate surface area is 85.9 Å². The average Bonchev–Trinajstić information content (AvgIpc) is 2.09. The summed E-state index contributed by atoms with van der Waals surface area (Å²) in [6.45, 7) is 6.31. The highest BCUT2D eigenvalue weighted by Crippen LogP contribution is 2.06. The quantitative estimate of drug-likeness (QED) is 0.578. The van der Waals surface area contributed by atoms with Gasteiger partial charge in [0.25, 0.3) is 0 Å². The van der Waals surface area contributed by atoms with E-state index in [1.807, 2.05) is 20.8 Å². The fourth-order valence-corrected chi connectivity index (χ4v) is 0.877. The van der Waals surface area contributed by atoms with Gasteiger partial charge in [-0.25, -0.2) is 0 Å². The topological polar surface area (TPSA) is 75.3 Å². The molecule has 0 aromatic heterocycles. The molecule has 0 bridgehead atoms. The summed E-state index contributed by atoms with van der Waals surface area (Å²) in [5.74, 6) is 0.119. The minimum absolute atomic E-state index is 0.00354. The molecule has 0 spiro atoms. The van der Waals surface area contributed by atoms with E-state index in [0.717, 1.165) is 0 Å². The Kier molecular flexibility index (Phi) is 5.72. The van der Waals surface area contributed by atoms with Crippen LogP contribution in [0.3, 0.4) is 0 Å². The zero-order chi connectivity index (χ0) is 11.2. The molecule has 1 unspecified atom stereocenters. The molecule has 0 aromatic carbocycles. The Morgan fingerprint density at radius 3 is 2.57 bits per heavy atom. The predicted molar refractivity (Wildman–Crippen MR) is 56.8 cm³/mol. The summed E-state index contributed by atoms with van der Waals surface area (Å²) in [6, 6.07) is 0. The van der Waals surface area contributed by atoms with Gasteiger partial charge in [-0.15, -0.1) is 0 Å². The number of aliphatic hydroxyl groups is 1. The van der Waals surface area contributed by atoms with Gasteiger partial charge in [0.15, 0.2) is 0 Å². The van der Waals surface area contributed by atoms with Crippen molar-refractivity contribution in [3.8, 4) is 0 Å². The number of hydrogen-bond donors (Lipinski definition) is 3. The molecule has 14 heavy (non-hydrogen) atoms. The molecule has 4 N–H and O–H groups in total. The van der Waals surface area contributed by atoms with Gasteiger partial charge in [-0.1, -0.05) is 6.92 Å². The molecule has 0 fully saturated rings. The second kappa shape index (κ2) is 5.98. The van der Waals surface area contributed by atoms with Gasteiger partial charge in [0.05, 0.1) is 0 Å². The molecule has 0 rings (SSSR count). The fraction of sp³-hybridized carbons (Fsp3) is 0.900. The number of rotatable bonds is 6. The maximum absolute atomic E-state index is 11.3. The number of nitrogens with one attached hydrogen (secondary N) is 1. The predicted octanol–water partition coefficient (Wildman–Crippen LogP) is 0.249. The lowest BCUT2D eigenvalue weighted by molar-refractivity contribution is -0.121. The molecule has 84 valence electrons. The van der Waals surface area contributed by atoms with Crippen LogP contribution < -0.4 is 11.1 Å². The first-order chi connectivity index (χ1) is 6.35. The molecule has 0 aliphatic heterocycles. The van der Waals surface area contributed by atoms with Crippen LogP contribution in [0.2, 0.25) is 0 Å². The monoisotopic (exact) mass is 202 g/mol. The average molecular weight is 202 g/mol. The number of hydrogen-bond acceptors (Lipinski definition) is 3. The van der Waals surface area contributed by atoms with Gasteiger partial charge in [0.1, 0.15) is 0 Å². The fourth-order valence-electron chi connectivity index (χ4n) is 0.877. The molecular formula is C10H22N2O2. The first-order valence-corrected chi connectivity index (χ1v) is 5.01. The van der Waals surface area contributed by atoms with Crippen molar-refractivity contribution in [1.29, 1.82) is 0 Å². The molecule has 0 radical (unpaired) electrons. The van der Waals surface area contributed by atoms with Gasteiger partial charge >= 0.3 is 0 Å². The molecule has 0 saturated heterocycles. The van der Waals surface area contributed by atoms with E-state index in [1.165, 1.54) is 0 Å². The van der Waals surface area contributed by atoms with Crippen molar-refractivity contribution in [2.45, 2.75) is 39.2 Å². The summed E-state index contributed by atoms with van der Waals surface area (Å²) in [6.07, 6.45) is 1.12. The molecule has 0 saturated carbocycles. The first kappa shape index (κ1) is 13.4. The molecule has 0 aromatic rings. The Bertz CT molecular complexity index is 175. The standard InChI is InChI=1S/C10H22N2O2/c1-8(7-13)6-12-9(14)4-5-10(2,3)11/h8,13H,4-7,11H2,1-3H3,(H,12,14). The van der Waals surface area contributed by atoms with E-state index in [1.54, 1.807) is 0 Å².